The Morgan fingerprint density at radius 2 is 2.22 bits per heavy atom. The normalized spacial score (nSPS) is 12.7. The fraction of sp³-hybridized carbons (Fsp3) is 0.308. The molecule has 2 aromatic rings. The highest BCUT2D eigenvalue weighted by molar-refractivity contribution is 6.31. The van der Waals surface area contributed by atoms with E-state index in [9.17, 15) is 4.79 Å². The number of ether oxygens (including phenoxy) is 1. The maximum absolute atomic E-state index is 11.5. The molecule has 0 fully saturated rings. The monoisotopic (exact) mass is 266 g/mol. The van der Waals surface area contributed by atoms with Gasteiger partial charge in [-0.2, -0.15) is 0 Å². The second-order valence-corrected chi connectivity index (χ2v) is 4.45. The van der Waals surface area contributed by atoms with Crippen molar-refractivity contribution in [3.8, 4) is 0 Å². The van der Waals surface area contributed by atoms with Gasteiger partial charge in [0.15, 0.2) is 0 Å². The minimum absolute atomic E-state index is 0.446. The van der Waals surface area contributed by atoms with Crippen molar-refractivity contribution in [2.24, 2.45) is 5.73 Å². The molecule has 1 aromatic carbocycles. The van der Waals surface area contributed by atoms with Crippen LogP contribution in [0.5, 0.6) is 0 Å². The van der Waals surface area contributed by atoms with Gasteiger partial charge in [0.1, 0.15) is 6.04 Å². The van der Waals surface area contributed by atoms with Gasteiger partial charge in [0.25, 0.3) is 0 Å². The molecule has 1 atom stereocenters. The fourth-order valence-electron chi connectivity index (χ4n) is 2.12. The molecular formula is C13H15ClN2O2. The summed E-state index contributed by atoms with van der Waals surface area (Å²) in [5.41, 5.74) is 7.65. The van der Waals surface area contributed by atoms with Crippen molar-refractivity contribution in [1.29, 1.82) is 0 Å². The van der Waals surface area contributed by atoms with Crippen LogP contribution < -0.4 is 5.73 Å². The van der Waals surface area contributed by atoms with Crippen LogP contribution in [0.2, 0.25) is 5.02 Å². The fourth-order valence-corrected chi connectivity index (χ4v) is 2.30. The summed E-state index contributed by atoms with van der Waals surface area (Å²) in [6.45, 7) is 2.73. The van der Waals surface area contributed by atoms with E-state index >= 15 is 0 Å². The van der Waals surface area contributed by atoms with Crippen LogP contribution in [0.25, 0.3) is 10.9 Å². The Labute approximate surface area is 110 Å². The lowest BCUT2D eigenvalue weighted by Gasteiger charge is -2.12. The number of esters is 1. The lowest BCUT2D eigenvalue weighted by atomic mass is 10.2. The van der Waals surface area contributed by atoms with E-state index in [1.54, 1.807) is 0 Å². The van der Waals surface area contributed by atoms with E-state index in [0.717, 1.165) is 23.1 Å². The summed E-state index contributed by atoms with van der Waals surface area (Å²) in [4.78, 5) is 11.5. The molecule has 0 aliphatic heterocycles. The minimum Gasteiger partial charge on any atom is -0.468 e. The third-order valence-electron chi connectivity index (χ3n) is 2.99. The molecule has 0 aliphatic carbocycles. The number of hydrogen-bond donors (Lipinski definition) is 1. The molecular weight excluding hydrogens is 252 g/mol. The Morgan fingerprint density at radius 3 is 2.83 bits per heavy atom. The molecule has 4 nitrogen and oxygen atoms in total. The summed E-state index contributed by atoms with van der Waals surface area (Å²) in [6, 6.07) is 6.71. The van der Waals surface area contributed by atoms with Crippen LogP contribution in [0.4, 0.5) is 0 Å². The van der Waals surface area contributed by atoms with Gasteiger partial charge in [-0.3, -0.25) is 0 Å². The van der Waals surface area contributed by atoms with Gasteiger partial charge in [0.05, 0.1) is 7.11 Å². The Hall–Kier alpha value is -1.52. The topological polar surface area (TPSA) is 57.2 Å². The molecule has 0 spiro atoms. The molecule has 1 heterocycles. The van der Waals surface area contributed by atoms with Crippen LogP contribution in [0.15, 0.2) is 24.3 Å². The molecule has 1 unspecified atom stereocenters. The van der Waals surface area contributed by atoms with Gasteiger partial charge in [0.2, 0.25) is 0 Å². The molecule has 2 rings (SSSR count). The Kier molecular flexibility index (Phi) is 3.59. The van der Waals surface area contributed by atoms with Gasteiger partial charge in [-0.15, -0.1) is 0 Å². The Bertz CT molecular complexity index is 592. The molecule has 0 amide bonds. The summed E-state index contributed by atoms with van der Waals surface area (Å²) in [6.07, 6.45) is 0. The first kappa shape index (κ1) is 12.9. The summed E-state index contributed by atoms with van der Waals surface area (Å²) in [7, 11) is 1.33. The number of hydrogen-bond acceptors (Lipinski definition) is 3. The van der Waals surface area contributed by atoms with Crippen molar-refractivity contribution in [2.75, 3.05) is 7.11 Å². The summed E-state index contributed by atoms with van der Waals surface area (Å²) >= 11 is 5.96. The third kappa shape index (κ3) is 2.09. The van der Waals surface area contributed by atoms with Crippen molar-refractivity contribution in [3.63, 3.8) is 0 Å². The first-order valence-electron chi connectivity index (χ1n) is 5.70. The molecule has 2 N–H and O–H groups in total. The smallest absolute Gasteiger partial charge is 0.328 e. The summed E-state index contributed by atoms with van der Waals surface area (Å²) in [5.74, 6) is -0.446. The van der Waals surface area contributed by atoms with Crippen LogP contribution in [0, 0.1) is 0 Å². The number of fused-ring (bicyclic) bond motifs is 1. The number of nitrogens with two attached hydrogens (primary N) is 1. The number of carbonyl (C=O) groups is 1. The highest BCUT2D eigenvalue weighted by atomic mass is 35.5. The number of carbonyl (C=O) groups excluding carboxylic acids is 1. The number of halogens is 1. The van der Waals surface area contributed by atoms with Crippen LogP contribution in [-0.2, 0) is 16.1 Å². The van der Waals surface area contributed by atoms with Crippen LogP contribution in [-0.4, -0.2) is 17.6 Å². The molecule has 18 heavy (non-hydrogen) atoms. The highest BCUT2D eigenvalue weighted by Gasteiger charge is 2.21. The standard InChI is InChI=1S/C13H15ClN2O2/c1-3-16-10-5-4-9(14)6-8(10)7-11(16)12(15)13(17)18-2/h4-7,12H,3,15H2,1-2H3. The zero-order valence-electron chi connectivity index (χ0n) is 10.3. The van der Waals surface area contributed by atoms with Crippen LogP contribution in [0.3, 0.4) is 0 Å². The number of benzene rings is 1. The molecule has 1 aromatic heterocycles. The molecule has 0 aliphatic rings. The van der Waals surface area contributed by atoms with Gasteiger partial charge in [-0.1, -0.05) is 11.6 Å². The van der Waals surface area contributed by atoms with E-state index in [-0.39, 0.29) is 0 Å². The van der Waals surface area contributed by atoms with Gasteiger partial charge in [-0.05, 0) is 31.2 Å². The second-order valence-electron chi connectivity index (χ2n) is 4.02. The molecule has 96 valence electrons. The van der Waals surface area contributed by atoms with E-state index in [2.05, 4.69) is 4.74 Å². The number of methoxy groups -OCH3 is 1. The van der Waals surface area contributed by atoms with E-state index in [0.29, 0.717) is 5.02 Å². The average Bonchev–Trinajstić information content (AvgIpc) is 2.74. The van der Waals surface area contributed by atoms with Crippen LogP contribution >= 0.6 is 11.6 Å². The maximum Gasteiger partial charge on any atom is 0.328 e. The first-order chi connectivity index (χ1) is 8.58. The third-order valence-corrected chi connectivity index (χ3v) is 3.22. The maximum atomic E-state index is 11.5. The molecule has 0 bridgehead atoms. The molecule has 0 saturated carbocycles. The highest BCUT2D eigenvalue weighted by Crippen LogP contribution is 2.26. The zero-order valence-corrected chi connectivity index (χ0v) is 11.1. The van der Waals surface area contributed by atoms with E-state index < -0.39 is 12.0 Å². The van der Waals surface area contributed by atoms with Gasteiger partial charge in [-0.25, -0.2) is 4.79 Å². The predicted octanol–water partition coefficient (Wildman–Crippen LogP) is 2.49. The predicted molar refractivity (Wildman–Crippen MR) is 71.6 cm³/mol. The molecule has 5 heteroatoms. The minimum atomic E-state index is -0.777. The molecule has 0 saturated heterocycles. The summed E-state index contributed by atoms with van der Waals surface area (Å²) < 4.78 is 6.68. The Balaban J connectivity index is 2.60. The second kappa shape index (κ2) is 5.00. The zero-order chi connectivity index (χ0) is 13.3. The lowest BCUT2D eigenvalue weighted by Crippen LogP contribution is -2.25. The SMILES string of the molecule is CCn1c(C(N)C(=O)OC)cc2cc(Cl)ccc21. The number of rotatable bonds is 3. The quantitative estimate of drug-likeness (QED) is 0.869. The number of nitrogens with zero attached hydrogens (tertiary/aromatic N) is 1. The number of aromatic nitrogens is 1. The van der Waals surface area contributed by atoms with Crippen molar-refractivity contribution >= 4 is 28.5 Å². The van der Waals surface area contributed by atoms with Gasteiger partial charge >= 0.3 is 5.97 Å². The average molecular weight is 267 g/mol. The van der Waals surface area contributed by atoms with E-state index in [4.69, 9.17) is 17.3 Å². The van der Waals surface area contributed by atoms with Crippen LogP contribution in [0.1, 0.15) is 18.7 Å². The van der Waals surface area contributed by atoms with E-state index in [1.165, 1.54) is 7.11 Å². The van der Waals surface area contributed by atoms with Crippen molar-refractivity contribution in [1.82, 2.24) is 4.57 Å². The van der Waals surface area contributed by atoms with Crippen molar-refractivity contribution in [2.45, 2.75) is 19.5 Å². The largest absolute Gasteiger partial charge is 0.468 e. The molecule has 0 radical (unpaired) electrons. The van der Waals surface area contributed by atoms with Gasteiger partial charge in [0, 0.05) is 28.2 Å². The van der Waals surface area contributed by atoms with Crippen molar-refractivity contribution < 1.29 is 9.53 Å². The van der Waals surface area contributed by atoms with E-state index in [1.807, 2.05) is 35.8 Å². The van der Waals surface area contributed by atoms with Gasteiger partial charge < -0.3 is 15.0 Å². The Morgan fingerprint density at radius 1 is 1.50 bits per heavy atom. The van der Waals surface area contributed by atoms with Crippen molar-refractivity contribution in [3.05, 3.63) is 35.0 Å². The first-order valence-corrected chi connectivity index (χ1v) is 6.08. The lowest BCUT2D eigenvalue weighted by molar-refractivity contribution is -0.142. The number of aryl methyl sites for hydroxylation is 1. The summed E-state index contributed by atoms with van der Waals surface area (Å²) in [5, 5.41) is 1.63.